The van der Waals surface area contributed by atoms with E-state index in [1.54, 1.807) is 18.3 Å². The van der Waals surface area contributed by atoms with Crippen LogP contribution in [0.1, 0.15) is 5.56 Å². The predicted molar refractivity (Wildman–Crippen MR) is 85.5 cm³/mol. The number of nitrogens with one attached hydrogen (secondary N) is 1. The molecule has 0 bridgehead atoms. The second-order valence-electron chi connectivity index (χ2n) is 4.74. The number of amides is 1. The first kappa shape index (κ1) is 13.6. The van der Waals surface area contributed by atoms with Gasteiger partial charge < -0.3 is 5.32 Å². The monoisotopic (exact) mass is 296 g/mol. The predicted octanol–water partition coefficient (Wildman–Crippen LogP) is 4.07. The number of pyridine rings is 1. The fraction of sp³-hybridized carbons (Fsp3) is 0.0588. The number of rotatable bonds is 3. The van der Waals surface area contributed by atoms with E-state index in [1.807, 2.05) is 42.5 Å². The summed E-state index contributed by atoms with van der Waals surface area (Å²) in [5.41, 5.74) is 0.957. The van der Waals surface area contributed by atoms with E-state index in [0.717, 1.165) is 16.3 Å². The van der Waals surface area contributed by atoms with Gasteiger partial charge in [-0.3, -0.25) is 4.79 Å². The van der Waals surface area contributed by atoms with Crippen molar-refractivity contribution in [3.63, 3.8) is 0 Å². The van der Waals surface area contributed by atoms with Crippen LogP contribution in [0.25, 0.3) is 10.8 Å². The highest BCUT2D eigenvalue weighted by Gasteiger charge is 2.08. The van der Waals surface area contributed by atoms with Crippen LogP contribution in [0.15, 0.2) is 60.8 Å². The molecule has 0 radical (unpaired) electrons. The number of benzene rings is 2. The van der Waals surface area contributed by atoms with Gasteiger partial charge in [-0.1, -0.05) is 54.1 Å². The lowest BCUT2D eigenvalue weighted by atomic mass is 10.0. The zero-order valence-corrected chi connectivity index (χ0v) is 12.0. The lowest BCUT2D eigenvalue weighted by molar-refractivity contribution is -0.115. The molecule has 0 saturated heterocycles. The summed E-state index contributed by atoms with van der Waals surface area (Å²) < 4.78 is 0. The maximum absolute atomic E-state index is 12.1. The van der Waals surface area contributed by atoms with Gasteiger partial charge in [-0.05, 0) is 28.5 Å². The minimum atomic E-state index is -0.133. The van der Waals surface area contributed by atoms with Gasteiger partial charge >= 0.3 is 0 Å². The fourth-order valence-electron chi connectivity index (χ4n) is 2.19. The Labute approximate surface area is 127 Å². The molecule has 0 aliphatic heterocycles. The number of carbonyl (C=O) groups is 1. The molecule has 21 heavy (non-hydrogen) atoms. The van der Waals surface area contributed by atoms with Gasteiger partial charge in [0.15, 0.2) is 5.82 Å². The van der Waals surface area contributed by atoms with E-state index in [2.05, 4.69) is 10.3 Å². The van der Waals surface area contributed by atoms with E-state index in [4.69, 9.17) is 11.6 Å². The van der Waals surface area contributed by atoms with Crippen molar-refractivity contribution in [2.45, 2.75) is 6.42 Å². The second kappa shape index (κ2) is 5.94. The Bertz CT molecular complexity index is 801. The van der Waals surface area contributed by atoms with E-state index in [1.165, 1.54) is 0 Å². The Kier molecular flexibility index (Phi) is 3.84. The summed E-state index contributed by atoms with van der Waals surface area (Å²) in [6, 6.07) is 17.5. The summed E-state index contributed by atoms with van der Waals surface area (Å²) in [4.78, 5) is 16.1. The Morgan fingerprint density at radius 2 is 1.86 bits per heavy atom. The van der Waals surface area contributed by atoms with Crippen molar-refractivity contribution in [1.82, 2.24) is 4.98 Å². The van der Waals surface area contributed by atoms with Gasteiger partial charge in [0.2, 0.25) is 5.91 Å². The van der Waals surface area contributed by atoms with Crippen molar-refractivity contribution < 1.29 is 4.79 Å². The molecule has 1 amide bonds. The van der Waals surface area contributed by atoms with Crippen molar-refractivity contribution in [3.8, 4) is 0 Å². The number of hydrogen-bond donors (Lipinski definition) is 1. The summed E-state index contributed by atoms with van der Waals surface area (Å²) in [7, 11) is 0. The average Bonchev–Trinajstić information content (AvgIpc) is 2.49. The molecule has 0 aliphatic rings. The van der Waals surface area contributed by atoms with Crippen LogP contribution in [0.4, 0.5) is 5.82 Å². The molecule has 0 aliphatic carbocycles. The normalized spacial score (nSPS) is 10.5. The first-order valence-electron chi connectivity index (χ1n) is 6.60. The average molecular weight is 297 g/mol. The van der Waals surface area contributed by atoms with E-state index >= 15 is 0 Å². The first-order chi connectivity index (χ1) is 10.2. The molecule has 1 aromatic heterocycles. The highest BCUT2D eigenvalue weighted by molar-refractivity contribution is 6.33. The minimum Gasteiger partial charge on any atom is -0.309 e. The van der Waals surface area contributed by atoms with Crippen LogP contribution in [0.2, 0.25) is 5.02 Å². The molecule has 0 atom stereocenters. The molecule has 0 saturated carbocycles. The van der Waals surface area contributed by atoms with Gasteiger partial charge in [0.1, 0.15) is 0 Å². The smallest absolute Gasteiger partial charge is 0.229 e. The Morgan fingerprint density at radius 1 is 1.05 bits per heavy atom. The molecule has 2 aromatic carbocycles. The van der Waals surface area contributed by atoms with Gasteiger partial charge in [0.05, 0.1) is 11.4 Å². The zero-order chi connectivity index (χ0) is 14.7. The minimum absolute atomic E-state index is 0.133. The lowest BCUT2D eigenvalue weighted by Gasteiger charge is -2.06. The summed E-state index contributed by atoms with van der Waals surface area (Å²) in [6.45, 7) is 0. The highest BCUT2D eigenvalue weighted by atomic mass is 35.5. The van der Waals surface area contributed by atoms with E-state index in [-0.39, 0.29) is 12.3 Å². The maximum atomic E-state index is 12.1. The molecule has 1 N–H and O–H groups in total. The summed E-state index contributed by atoms with van der Waals surface area (Å²) in [5.74, 6) is 0.260. The van der Waals surface area contributed by atoms with Gasteiger partial charge in [0, 0.05) is 6.20 Å². The van der Waals surface area contributed by atoms with Gasteiger partial charge in [0.25, 0.3) is 0 Å². The molecule has 0 spiro atoms. The van der Waals surface area contributed by atoms with Crippen molar-refractivity contribution >= 4 is 34.1 Å². The highest BCUT2D eigenvalue weighted by Crippen LogP contribution is 2.19. The van der Waals surface area contributed by atoms with Crippen LogP contribution in [-0.4, -0.2) is 10.9 Å². The van der Waals surface area contributed by atoms with Crippen LogP contribution < -0.4 is 5.32 Å². The third kappa shape index (κ3) is 3.20. The Morgan fingerprint density at radius 3 is 2.67 bits per heavy atom. The molecular formula is C17H13ClN2O. The molecule has 3 nitrogen and oxygen atoms in total. The summed E-state index contributed by atoms with van der Waals surface area (Å²) in [5, 5.41) is 5.44. The quantitative estimate of drug-likeness (QED) is 0.791. The third-order valence-corrected chi connectivity index (χ3v) is 3.50. The van der Waals surface area contributed by atoms with Crippen molar-refractivity contribution in [2.24, 2.45) is 0 Å². The molecule has 3 aromatic rings. The Hall–Kier alpha value is -2.39. The van der Waals surface area contributed by atoms with Crippen LogP contribution >= 0.6 is 11.6 Å². The molecule has 104 valence electrons. The summed E-state index contributed by atoms with van der Waals surface area (Å²) in [6.07, 6.45) is 1.88. The molecule has 0 unspecified atom stereocenters. The van der Waals surface area contributed by atoms with E-state index < -0.39 is 0 Å². The van der Waals surface area contributed by atoms with Crippen LogP contribution in [-0.2, 0) is 11.2 Å². The number of halogens is 1. The molecule has 4 heteroatoms. The third-order valence-electron chi connectivity index (χ3n) is 3.19. The topological polar surface area (TPSA) is 42.0 Å². The second-order valence-corrected chi connectivity index (χ2v) is 5.15. The van der Waals surface area contributed by atoms with Crippen molar-refractivity contribution in [1.29, 1.82) is 0 Å². The Balaban J connectivity index is 1.75. The first-order valence-corrected chi connectivity index (χ1v) is 6.98. The molecule has 1 heterocycles. The van der Waals surface area contributed by atoms with E-state index in [0.29, 0.717) is 10.8 Å². The number of carbonyl (C=O) groups excluding carboxylic acids is 1. The summed E-state index contributed by atoms with van der Waals surface area (Å²) >= 11 is 5.97. The number of hydrogen-bond acceptors (Lipinski definition) is 2. The number of nitrogens with zero attached hydrogens (tertiary/aromatic N) is 1. The van der Waals surface area contributed by atoms with Gasteiger partial charge in [-0.15, -0.1) is 0 Å². The van der Waals surface area contributed by atoms with Crippen LogP contribution in [0.3, 0.4) is 0 Å². The molecule has 0 fully saturated rings. The number of fused-ring (bicyclic) bond motifs is 1. The number of anilines is 1. The van der Waals surface area contributed by atoms with Gasteiger partial charge in [-0.2, -0.15) is 0 Å². The van der Waals surface area contributed by atoms with Crippen LogP contribution in [0, 0.1) is 0 Å². The largest absolute Gasteiger partial charge is 0.309 e. The maximum Gasteiger partial charge on any atom is 0.229 e. The fourth-order valence-corrected chi connectivity index (χ4v) is 2.36. The molecule has 3 rings (SSSR count). The number of aromatic nitrogens is 1. The SMILES string of the molecule is O=C(Cc1ccc2ccccc2c1)Nc1ncccc1Cl. The lowest BCUT2D eigenvalue weighted by Crippen LogP contribution is -2.15. The standard InChI is InChI=1S/C17H13ClN2O/c18-15-6-3-9-19-17(15)20-16(21)11-12-7-8-13-4-1-2-5-14(13)10-12/h1-10H,11H2,(H,19,20,21). The molecular weight excluding hydrogens is 284 g/mol. The van der Waals surface area contributed by atoms with Crippen molar-refractivity contribution in [3.05, 3.63) is 71.4 Å². The zero-order valence-electron chi connectivity index (χ0n) is 11.2. The van der Waals surface area contributed by atoms with Crippen LogP contribution in [0.5, 0.6) is 0 Å². The van der Waals surface area contributed by atoms with Gasteiger partial charge in [-0.25, -0.2) is 4.98 Å². The van der Waals surface area contributed by atoms with E-state index in [9.17, 15) is 4.79 Å². The van der Waals surface area contributed by atoms with Crippen molar-refractivity contribution in [2.75, 3.05) is 5.32 Å².